The van der Waals surface area contributed by atoms with Crippen LogP contribution in [0.3, 0.4) is 0 Å². The maximum absolute atomic E-state index is 10.5. The third kappa shape index (κ3) is 2.66. The minimum atomic E-state index is 0.335. The van der Waals surface area contributed by atoms with Crippen molar-refractivity contribution >= 4 is 0 Å². The Labute approximate surface area is 84.0 Å². The quantitative estimate of drug-likeness (QED) is 0.491. The lowest BCUT2D eigenvalue weighted by atomic mass is 10.1. The first kappa shape index (κ1) is 10.4. The second kappa shape index (κ2) is 5.12. The highest BCUT2D eigenvalue weighted by Gasteiger charge is 2.03. The van der Waals surface area contributed by atoms with Gasteiger partial charge in [-0.15, -0.1) is 4.91 Å². The molecule has 14 heavy (non-hydrogen) atoms. The molecule has 1 unspecified atom stereocenters. The summed E-state index contributed by atoms with van der Waals surface area (Å²) in [6.45, 7) is 5.63. The summed E-state index contributed by atoms with van der Waals surface area (Å²) in [6.07, 6.45) is 12.9. The monoisotopic (exact) mass is 187 g/mol. The van der Waals surface area contributed by atoms with E-state index in [1.165, 1.54) is 0 Å². The summed E-state index contributed by atoms with van der Waals surface area (Å²) in [5.74, 6) is 0.335. The third-order valence-electron chi connectivity index (χ3n) is 1.94. The zero-order valence-electron chi connectivity index (χ0n) is 8.18. The molecular formula is C12H13NO. The number of nitroso groups, excluding NO2 is 1. The molecule has 0 aromatic rings. The Bertz CT molecular complexity index is 345. The molecule has 1 aliphatic carbocycles. The van der Waals surface area contributed by atoms with Crippen LogP contribution in [0.1, 0.15) is 6.92 Å². The standard InChI is InChI=1S/C12H13NO/c1-3-4-5-11-8-6-10(2)7-9-12(11)13-14/h3-10H,1H2,2H3/b5-4+. The van der Waals surface area contributed by atoms with Crippen LogP contribution in [0.15, 0.2) is 65.6 Å². The van der Waals surface area contributed by atoms with E-state index in [1.54, 1.807) is 18.2 Å². The summed E-state index contributed by atoms with van der Waals surface area (Å²) < 4.78 is 0. The Morgan fingerprint density at radius 2 is 2.14 bits per heavy atom. The highest BCUT2D eigenvalue weighted by Crippen LogP contribution is 2.17. The van der Waals surface area contributed by atoms with Crippen LogP contribution in [0.25, 0.3) is 0 Å². The van der Waals surface area contributed by atoms with Crippen molar-refractivity contribution in [1.29, 1.82) is 0 Å². The molecule has 2 nitrogen and oxygen atoms in total. The number of rotatable bonds is 3. The summed E-state index contributed by atoms with van der Waals surface area (Å²) in [4.78, 5) is 10.5. The van der Waals surface area contributed by atoms with Gasteiger partial charge in [0.25, 0.3) is 0 Å². The molecule has 1 rings (SSSR count). The molecule has 1 atom stereocenters. The zero-order valence-corrected chi connectivity index (χ0v) is 8.18. The summed E-state index contributed by atoms with van der Waals surface area (Å²) in [6, 6.07) is 0. The predicted molar refractivity (Wildman–Crippen MR) is 59.6 cm³/mol. The van der Waals surface area contributed by atoms with Crippen LogP contribution < -0.4 is 0 Å². The molecule has 0 heterocycles. The van der Waals surface area contributed by atoms with Crippen LogP contribution in [0.2, 0.25) is 0 Å². The van der Waals surface area contributed by atoms with Crippen molar-refractivity contribution in [2.75, 3.05) is 0 Å². The van der Waals surface area contributed by atoms with E-state index in [-0.39, 0.29) is 0 Å². The average Bonchev–Trinajstić information content (AvgIpc) is 2.37. The maximum Gasteiger partial charge on any atom is 0.114 e. The number of nitrogens with zero attached hydrogens (tertiary/aromatic N) is 1. The van der Waals surface area contributed by atoms with E-state index in [2.05, 4.69) is 18.7 Å². The van der Waals surface area contributed by atoms with Crippen molar-refractivity contribution in [2.45, 2.75) is 6.92 Å². The number of hydrogen-bond acceptors (Lipinski definition) is 2. The van der Waals surface area contributed by atoms with E-state index >= 15 is 0 Å². The molecule has 0 N–H and O–H groups in total. The molecule has 72 valence electrons. The zero-order chi connectivity index (χ0) is 10.4. The minimum Gasteiger partial charge on any atom is -0.145 e. The van der Waals surface area contributed by atoms with Gasteiger partial charge in [0.05, 0.1) is 0 Å². The summed E-state index contributed by atoms with van der Waals surface area (Å²) in [5, 5.41) is 2.98. The largest absolute Gasteiger partial charge is 0.145 e. The molecule has 0 aromatic carbocycles. The van der Waals surface area contributed by atoms with E-state index in [1.807, 2.05) is 24.3 Å². The maximum atomic E-state index is 10.5. The Kier molecular flexibility index (Phi) is 3.80. The van der Waals surface area contributed by atoms with E-state index in [0.29, 0.717) is 11.6 Å². The Morgan fingerprint density at radius 1 is 1.43 bits per heavy atom. The van der Waals surface area contributed by atoms with Gasteiger partial charge < -0.3 is 0 Å². The van der Waals surface area contributed by atoms with Crippen molar-refractivity contribution in [3.05, 3.63) is 65.3 Å². The van der Waals surface area contributed by atoms with Crippen molar-refractivity contribution in [1.82, 2.24) is 0 Å². The van der Waals surface area contributed by atoms with Gasteiger partial charge in [-0.1, -0.05) is 50.0 Å². The fourth-order valence-corrected chi connectivity index (χ4v) is 1.14. The van der Waals surface area contributed by atoms with Crippen LogP contribution in [-0.4, -0.2) is 0 Å². The van der Waals surface area contributed by atoms with Gasteiger partial charge in [-0.3, -0.25) is 0 Å². The van der Waals surface area contributed by atoms with Gasteiger partial charge >= 0.3 is 0 Å². The Hall–Kier alpha value is -1.70. The van der Waals surface area contributed by atoms with Crippen molar-refractivity contribution < 1.29 is 0 Å². The third-order valence-corrected chi connectivity index (χ3v) is 1.94. The molecule has 1 aliphatic rings. The smallest absolute Gasteiger partial charge is 0.114 e. The van der Waals surface area contributed by atoms with Crippen LogP contribution >= 0.6 is 0 Å². The molecule has 0 saturated heterocycles. The molecule has 0 saturated carbocycles. The topological polar surface area (TPSA) is 29.4 Å². The van der Waals surface area contributed by atoms with Crippen molar-refractivity contribution in [3.8, 4) is 0 Å². The Morgan fingerprint density at radius 3 is 2.79 bits per heavy atom. The lowest BCUT2D eigenvalue weighted by Gasteiger charge is -1.93. The van der Waals surface area contributed by atoms with Crippen LogP contribution in [0, 0.1) is 10.8 Å². The lowest BCUT2D eigenvalue weighted by molar-refractivity contribution is 0.941. The summed E-state index contributed by atoms with van der Waals surface area (Å²) >= 11 is 0. The molecule has 0 fully saturated rings. The van der Waals surface area contributed by atoms with E-state index in [9.17, 15) is 4.91 Å². The first-order chi connectivity index (χ1) is 6.77. The first-order valence-corrected chi connectivity index (χ1v) is 4.51. The van der Waals surface area contributed by atoms with Gasteiger partial charge in [-0.2, -0.15) is 0 Å². The molecule has 0 amide bonds. The molecule has 0 radical (unpaired) electrons. The SMILES string of the molecule is C=C/C=C/C1=C(N=O)C=CC(C)C=C1. The van der Waals surface area contributed by atoms with E-state index in [0.717, 1.165) is 5.57 Å². The van der Waals surface area contributed by atoms with Crippen molar-refractivity contribution in [2.24, 2.45) is 11.1 Å². The second-order valence-corrected chi connectivity index (χ2v) is 3.10. The Balaban J connectivity index is 3.06. The molecule has 0 bridgehead atoms. The van der Waals surface area contributed by atoms with Crippen molar-refractivity contribution in [3.63, 3.8) is 0 Å². The minimum absolute atomic E-state index is 0.335. The van der Waals surface area contributed by atoms with Gasteiger partial charge in [0.1, 0.15) is 5.70 Å². The summed E-state index contributed by atoms with van der Waals surface area (Å²) in [7, 11) is 0. The van der Waals surface area contributed by atoms with E-state index < -0.39 is 0 Å². The van der Waals surface area contributed by atoms with Crippen LogP contribution in [-0.2, 0) is 0 Å². The molecule has 0 spiro atoms. The predicted octanol–water partition coefficient (Wildman–Crippen LogP) is 3.51. The molecule has 2 heteroatoms. The van der Waals surface area contributed by atoms with E-state index in [4.69, 9.17) is 0 Å². The molecule has 0 aromatic heterocycles. The fourth-order valence-electron chi connectivity index (χ4n) is 1.14. The average molecular weight is 187 g/mol. The lowest BCUT2D eigenvalue weighted by Crippen LogP contribution is -1.78. The second-order valence-electron chi connectivity index (χ2n) is 3.10. The first-order valence-electron chi connectivity index (χ1n) is 4.51. The van der Waals surface area contributed by atoms with Gasteiger partial charge in [0, 0.05) is 5.57 Å². The normalized spacial score (nSPS) is 21.4. The number of allylic oxidation sites excluding steroid dienone is 8. The van der Waals surface area contributed by atoms with Crippen LogP contribution in [0.5, 0.6) is 0 Å². The van der Waals surface area contributed by atoms with Crippen LogP contribution in [0.4, 0.5) is 0 Å². The summed E-state index contributed by atoms with van der Waals surface area (Å²) in [5.41, 5.74) is 1.28. The van der Waals surface area contributed by atoms with Gasteiger partial charge in [-0.05, 0) is 17.2 Å². The van der Waals surface area contributed by atoms with Gasteiger partial charge in [-0.25, -0.2) is 0 Å². The number of hydrogen-bond donors (Lipinski definition) is 0. The van der Waals surface area contributed by atoms with Gasteiger partial charge in [0.15, 0.2) is 0 Å². The van der Waals surface area contributed by atoms with Gasteiger partial charge in [0.2, 0.25) is 0 Å². The molecule has 0 aliphatic heterocycles. The fraction of sp³-hybridized carbons (Fsp3) is 0.167. The molecular weight excluding hydrogens is 174 g/mol. The highest BCUT2D eigenvalue weighted by molar-refractivity contribution is 5.43. The highest BCUT2D eigenvalue weighted by atomic mass is 16.3.